The molecule has 4 nitrogen and oxygen atoms in total. The lowest BCUT2D eigenvalue weighted by Gasteiger charge is -2.05. The van der Waals surface area contributed by atoms with E-state index in [-0.39, 0.29) is 0 Å². The van der Waals surface area contributed by atoms with Gasteiger partial charge in [-0.25, -0.2) is 4.98 Å². The highest BCUT2D eigenvalue weighted by molar-refractivity contribution is 7.99. The van der Waals surface area contributed by atoms with E-state index >= 15 is 0 Å². The summed E-state index contributed by atoms with van der Waals surface area (Å²) in [7, 11) is 0. The normalized spacial score (nSPS) is 10.6. The van der Waals surface area contributed by atoms with Gasteiger partial charge in [0.25, 0.3) is 0 Å². The smallest absolute Gasteiger partial charge is 0.208 e. The van der Waals surface area contributed by atoms with Crippen LogP contribution in [-0.4, -0.2) is 20.9 Å². The molecule has 0 aliphatic heterocycles. The van der Waals surface area contributed by atoms with Crippen LogP contribution in [0.3, 0.4) is 0 Å². The maximum Gasteiger partial charge on any atom is 0.208 e. The summed E-state index contributed by atoms with van der Waals surface area (Å²) in [4.78, 5) is 4.28. The summed E-state index contributed by atoms with van der Waals surface area (Å²) in [6.45, 7) is 5.86. The zero-order chi connectivity index (χ0) is 14.5. The third-order valence-corrected chi connectivity index (χ3v) is 4.02. The van der Waals surface area contributed by atoms with Crippen molar-refractivity contribution in [2.45, 2.75) is 18.7 Å². The minimum absolute atomic E-state index is 0.316. The van der Waals surface area contributed by atoms with Crippen LogP contribution in [0.15, 0.2) is 35.0 Å². The van der Waals surface area contributed by atoms with Crippen LogP contribution < -0.4 is 4.74 Å². The second kappa shape index (κ2) is 7.02. The number of nitrogens with one attached hydrogen (secondary N) is 1. The maximum absolute atomic E-state index is 5.96. The Kier molecular flexibility index (Phi) is 5.34. The molecule has 0 spiro atoms. The minimum Gasteiger partial charge on any atom is -0.486 e. The Balaban J connectivity index is 1.90. The average Bonchev–Trinajstić information content (AvgIpc) is 2.86. The van der Waals surface area contributed by atoms with E-state index in [1.54, 1.807) is 6.07 Å². The van der Waals surface area contributed by atoms with Gasteiger partial charge in [-0.15, -0.1) is 5.10 Å². The number of thioether (sulfide) groups is 1. The maximum atomic E-state index is 5.96. The number of hydrogen-bond donors (Lipinski definition) is 1. The summed E-state index contributed by atoms with van der Waals surface area (Å²) in [5.74, 6) is 1.97. The van der Waals surface area contributed by atoms with Crippen LogP contribution in [0.1, 0.15) is 11.4 Å². The van der Waals surface area contributed by atoms with Gasteiger partial charge in [0.2, 0.25) is 5.16 Å². The molecule has 1 aromatic carbocycles. The first-order valence-corrected chi connectivity index (χ1v) is 7.55. The fourth-order valence-electron chi connectivity index (χ4n) is 1.41. The number of H-pyrrole nitrogens is 1. The van der Waals surface area contributed by atoms with Gasteiger partial charge in [-0.05, 0) is 30.7 Å². The van der Waals surface area contributed by atoms with E-state index in [0.29, 0.717) is 28.4 Å². The first-order chi connectivity index (χ1) is 9.54. The molecular formula is C13H13Cl2N3OS. The SMILES string of the molecule is C=C(Cl)CSc1n[nH]c(COc2ccc(Cl)c(C)c2)n1. The van der Waals surface area contributed by atoms with Crippen molar-refractivity contribution in [2.24, 2.45) is 0 Å². The van der Waals surface area contributed by atoms with Crippen molar-refractivity contribution in [3.63, 3.8) is 0 Å². The lowest BCUT2D eigenvalue weighted by atomic mass is 10.2. The zero-order valence-corrected chi connectivity index (χ0v) is 13.1. The Morgan fingerprint density at radius 1 is 1.50 bits per heavy atom. The van der Waals surface area contributed by atoms with Crippen LogP contribution in [0.2, 0.25) is 5.02 Å². The summed E-state index contributed by atoms with van der Waals surface area (Å²) >= 11 is 13.1. The fraction of sp³-hybridized carbons (Fsp3) is 0.231. The highest BCUT2D eigenvalue weighted by Gasteiger charge is 2.05. The third kappa shape index (κ3) is 4.44. The van der Waals surface area contributed by atoms with Crippen LogP contribution in [0.5, 0.6) is 5.75 Å². The van der Waals surface area contributed by atoms with Crippen LogP contribution in [0, 0.1) is 6.92 Å². The molecule has 7 heteroatoms. The van der Waals surface area contributed by atoms with E-state index < -0.39 is 0 Å². The van der Waals surface area contributed by atoms with Crippen LogP contribution in [-0.2, 0) is 6.61 Å². The number of hydrogen-bond acceptors (Lipinski definition) is 4. The van der Waals surface area contributed by atoms with Crippen molar-refractivity contribution in [1.82, 2.24) is 15.2 Å². The molecule has 0 aliphatic rings. The first kappa shape index (κ1) is 15.2. The second-order valence-corrected chi connectivity index (χ2v) is 5.95. The van der Waals surface area contributed by atoms with Crippen LogP contribution in [0.4, 0.5) is 0 Å². The van der Waals surface area contributed by atoms with Crippen LogP contribution >= 0.6 is 35.0 Å². The third-order valence-electron chi connectivity index (χ3n) is 2.37. The number of nitrogens with zero attached hydrogens (tertiary/aromatic N) is 2. The van der Waals surface area contributed by atoms with Gasteiger partial charge >= 0.3 is 0 Å². The molecule has 0 amide bonds. The topological polar surface area (TPSA) is 50.8 Å². The molecule has 0 radical (unpaired) electrons. The van der Waals surface area contributed by atoms with E-state index in [2.05, 4.69) is 21.8 Å². The monoisotopic (exact) mass is 329 g/mol. The van der Waals surface area contributed by atoms with Crippen molar-refractivity contribution in [2.75, 3.05) is 5.75 Å². The van der Waals surface area contributed by atoms with Crippen molar-refractivity contribution in [1.29, 1.82) is 0 Å². The molecule has 1 heterocycles. The van der Waals surface area contributed by atoms with Crippen molar-refractivity contribution in [3.8, 4) is 5.75 Å². The summed E-state index contributed by atoms with van der Waals surface area (Å²) in [6.07, 6.45) is 0. The number of ether oxygens (including phenoxy) is 1. The summed E-state index contributed by atoms with van der Waals surface area (Å²) in [6, 6.07) is 5.50. The number of halogens is 2. The van der Waals surface area contributed by atoms with Gasteiger partial charge in [0.15, 0.2) is 5.82 Å². The Hall–Kier alpha value is -1.17. The molecule has 0 fully saturated rings. The zero-order valence-electron chi connectivity index (χ0n) is 10.8. The highest BCUT2D eigenvalue weighted by atomic mass is 35.5. The Labute approximate surface area is 131 Å². The van der Waals surface area contributed by atoms with Crippen LogP contribution in [0.25, 0.3) is 0 Å². The first-order valence-electron chi connectivity index (χ1n) is 5.81. The lowest BCUT2D eigenvalue weighted by molar-refractivity contribution is 0.296. The van der Waals surface area contributed by atoms with Crippen molar-refractivity contribution >= 4 is 35.0 Å². The van der Waals surface area contributed by atoms with Gasteiger partial charge in [-0.2, -0.15) is 0 Å². The number of aromatic amines is 1. The Bertz CT molecular complexity index is 615. The second-order valence-electron chi connectivity index (χ2n) is 4.07. The van der Waals surface area contributed by atoms with E-state index in [0.717, 1.165) is 16.3 Å². The minimum atomic E-state index is 0.316. The quantitative estimate of drug-likeness (QED) is 0.807. The fourth-order valence-corrected chi connectivity index (χ4v) is 2.26. The number of aryl methyl sites for hydroxylation is 1. The molecule has 0 saturated carbocycles. The molecule has 0 bridgehead atoms. The lowest BCUT2D eigenvalue weighted by Crippen LogP contribution is -1.98. The summed E-state index contributed by atoms with van der Waals surface area (Å²) < 4.78 is 5.62. The standard InChI is InChI=1S/C13H13Cl2N3OS/c1-8-5-10(3-4-11(8)15)19-6-12-16-13(18-17-12)20-7-9(2)14/h3-5H,2,6-7H2,1H3,(H,16,17,18). The summed E-state index contributed by atoms with van der Waals surface area (Å²) in [5.41, 5.74) is 0.971. The average molecular weight is 330 g/mol. The molecule has 20 heavy (non-hydrogen) atoms. The molecule has 0 atom stereocenters. The molecule has 0 aliphatic carbocycles. The van der Waals surface area contributed by atoms with Gasteiger partial charge < -0.3 is 4.74 Å². The van der Waals surface area contributed by atoms with Crippen molar-refractivity contribution < 1.29 is 4.74 Å². The van der Waals surface area contributed by atoms with E-state index in [9.17, 15) is 0 Å². The molecular weight excluding hydrogens is 317 g/mol. The van der Waals surface area contributed by atoms with Gasteiger partial charge in [0.05, 0.1) is 0 Å². The molecule has 2 rings (SSSR count). The van der Waals surface area contributed by atoms with Gasteiger partial charge in [0, 0.05) is 15.8 Å². The highest BCUT2D eigenvalue weighted by Crippen LogP contribution is 2.22. The predicted molar refractivity (Wildman–Crippen MR) is 82.6 cm³/mol. The number of aromatic nitrogens is 3. The molecule has 1 aromatic heterocycles. The van der Waals surface area contributed by atoms with Gasteiger partial charge in [-0.3, -0.25) is 5.10 Å². The molecule has 0 unspecified atom stereocenters. The van der Waals surface area contributed by atoms with E-state index in [1.165, 1.54) is 11.8 Å². The van der Waals surface area contributed by atoms with Crippen molar-refractivity contribution in [3.05, 3.63) is 46.2 Å². The molecule has 2 aromatic rings. The van der Waals surface area contributed by atoms with Gasteiger partial charge in [-0.1, -0.05) is 41.5 Å². The Morgan fingerprint density at radius 2 is 2.30 bits per heavy atom. The largest absolute Gasteiger partial charge is 0.486 e. The van der Waals surface area contributed by atoms with E-state index in [4.69, 9.17) is 27.9 Å². The molecule has 0 saturated heterocycles. The number of rotatable bonds is 6. The predicted octanol–water partition coefficient (Wildman–Crippen LogP) is 4.19. The molecule has 106 valence electrons. The number of benzene rings is 1. The molecule has 1 N–H and O–H groups in total. The van der Waals surface area contributed by atoms with E-state index in [1.807, 2.05) is 19.1 Å². The Morgan fingerprint density at radius 3 is 3.00 bits per heavy atom. The van der Waals surface area contributed by atoms with Gasteiger partial charge in [0.1, 0.15) is 12.4 Å². The summed E-state index contributed by atoms with van der Waals surface area (Å²) in [5, 5.41) is 8.78.